The molecule has 0 fully saturated rings. The van der Waals surface area contributed by atoms with E-state index in [0.29, 0.717) is 17.9 Å². The van der Waals surface area contributed by atoms with Crippen LogP contribution in [0.5, 0.6) is 5.88 Å². The minimum atomic E-state index is -0.416. The quantitative estimate of drug-likeness (QED) is 0.722. The van der Waals surface area contributed by atoms with Crippen molar-refractivity contribution in [1.29, 1.82) is 0 Å². The fourth-order valence-corrected chi connectivity index (χ4v) is 0.824. The molecule has 1 heterocycles. The second-order valence-corrected chi connectivity index (χ2v) is 2.66. The van der Waals surface area contributed by atoms with Crippen LogP contribution < -0.4 is 4.74 Å². The van der Waals surface area contributed by atoms with Crippen LogP contribution in [-0.2, 0) is 0 Å². The van der Waals surface area contributed by atoms with E-state index in [2.05, 4.69) is 4.98 Å². The van der Waals surface area contributed by atoms with Gasteiger partial charge in [0.25, 0.3) is 0 Å². The van der Waals surface area contributed by atoms with Gasteiger partial charge in [-0.1, -0.05) is 13.8 Å². The molecule has 1 aromatic heterocycles. The monoisotopic (exact) mass is 217 g/mol. The summed E-state index contributed by atoms with van der Waals surface area (Å²) in [6.07, 6.45) is 1.43. The van der Waals surface area contributed by atoms with Gasteiger partial charge in [0.1, 0.15) is 5.82 Å². The Bertz CT molecular complexity index is 279. The number of aromatic nitrogens is 1. The van der Waals surface area contributed by atoms with Gasteiger partial charge >= 0.3 is 0 Å². The van der Waals surface area contributed by atoms with Gasteiger partial charge in [0.2, 0.25) is 5.88 Å². The molecule has 0 atom stereocenters. The van der Waals surface area contributed by atoms with E-state index in [4.69, 9.17) is 4.74 Å². The summed E-state index contributed by atoms with van der Waals surface area (Å²) in [4.78, 5) is 3.69. The molecule has 0 amide bonds. The highest BCUT2D eigenvalue weighted by Gasteiger charge is 2.00. The molecule has 0 N–H and O–H groups in total. The van der Waals surface area contributed by atoms with E-state index in [0.717, 1.165) is 6.20 Å². The molecule has 4 heteroatoms. The first kappa shape index (κ1) is 13.8. The Kier molecular flexibility index (Phi) is 7.50. The molecule has 0 aliphatic carbocycles. The molecule has 0 unspecified atom stereocenters. The summed E-state index contributed by atoms with van der Waals surface area (Å²) < 4.78 is 29.5. The second kappa shape index (κ2) is 8.15. The number of aryl methyl sites for hydroxylation is 1. The van der Waals surface area contributed by atoms with Crippen LogP contribution in [-0.4, -0.2) is 18.3 Å². The maximum atomic E-state index is 12.7. The number of ether oxygens (including phenoxy) is 1. The lowest BCUT2D eigenvalue weighted by Gasteiger charge is -2.04. The van der Waals surface area contributed by atoms with Crippen molar-refractivity contribution in [3.63, 3.8) is 0 Å². The van der Waals surface area contributed by atoms with Crippen molar-refractivity contribution < 1.29 is 13.5 Å². The standard InChI is InChI=1S/C9H11F2NO.C2H6/c1-7-5-9(12-6-8(7)11)13-4-2-3-10;1-2/h5-6H,2-4H2,1H3;1-2H3. The van der Waals surface area contributed by atoms with E-state index in [-0.39, 0.29) is 12.4 Å². The summed E-state index contributed by atoms with van der Waals surface area (Å²) in [6.45, 7) is 5.48. The average molecular weight is 217 g/mol. The number of nitrogens with zero attached hydrogens (tertiary/aromatic N) is 1. The van der Waals surface area contributed by atoms with E-state index in [1.54, 1.807) is 6.92 Å². The number of halogens is 2. The fourth-order valence-electron chi connectivity index (χ4n) is 0.824. The zero-order chi connectivity index (χ0) is 11.7. The van der Waals surface area contributed by atoms with Crippen molar-refractivity contribution in [3.8, 4) is 5.88 Å². The third-order valence-corrected chi connectivity index (χ3v) is 1.55. The van der Waals surface area contributed by atoms with Crippen molar-refractivity contribution in [2.45, 2.75) is 27.2 Å². The van der Waals surface area contributed by atoms with Crippen LogP contribution >= 0.6 is 0 Å². The smallest absolute Gasteiger partial charge is 0.213 e. The highest BCUT2D eigenvalue weighted by Crippen LogP contribution is 2.11. The van der Waals surface area contributed by atoms with E-state index in [1.807, 2.05) is 13.8 Å². The van der Waals surface area contributed by atoms with Gasteiger partial charge in [-0.25, -0.2) is 9.37 Å². The van der Waals surface area contributed by atoms with E-state index >= 15 is 0 Å². The number of pyridine rings is 1. The van der Waals surface area contributed by atoms with Gasteiger partial charge in [-0.05, 0) is 12.5 Å². The highest BCUT2D eigenvalue weighted by atomic mass is 19.1. The molecule has 86 valence electrons. The molecule has 0 aliphatic heterocycles. The van der Waals surface area contributed by atoms with Crippen molar-refractivity contribution in [3.05, 3.63) is 23.6 Å². The topological polar surface area (TPSA) is 22.1 Å². The third-order valence-electron chi connectivity index (χ3n) is 1.55. The molecule has 1 aromatic rings. The number of hydrogen-bond donors (Lipinski definition) is 0. The number of alkyl halides is 1. The van der Waals surface area contributed by atoms with E-state index in [9.17, 15) is 8.78 Å². The lowest BCUT2D eigenvalue weighted by Crippen LogP contribution is -2.00. The predicted molar refractivity (Wildman–Crippen MR) is 56.4 cm³/mol. The van der Waals surface area contributed by atoms with Crippen molar-refractivity contribution >= 4 is 0 Å². The highest BCUT2D eigenvalue weighted by molar-refractivity contribution is 5.20. The maximum Gasteiger partial charge on any atom is 0.213 e. The van der Waals surface area contributed by atoms with Crippen LogP contribution in [0.25, 0.3) is 0 Å². The van der Waals surface area contributed by atoms with E-state index in [1.165, 1.54) is 6.07 Å². The normalized spacial score (nSPS) is 9.13. The van der Waals surface area contributed by atoms with Crippen LogP contribution in [0.4, 0.5) is 8.78 Å². The van der Waals surface area contributed by atoms with Crippen molar-refractivity contribution in [2.75, 3.05) is 13.3 Å². The van der Waals surface area contributed by atoms with Gasteiger partial charge in [-0.2, -0.15) is 0 Å². The lowest BCUT2D eigenvalue weighted by atomic mass is 10.3. The molecule has 0 radical (unpaired) electrons. The Morgan fingerprint density at radius 3 is 2.60 bits per heavy atom. The summed E-state index contributed by atoms with van der Waals surface area (Å²) >= 11 is 0. The maximum absolute atomic E-state index is 12.7. The first-order valence-electron chi connectivity index (χ1n) is 5.05. The van der Waals surface area contributed by atoms with Crippen LogP contribution in [0.3, 0.4) is 0 Å². The predicted octanol–water partition coefficient (Wildman–Crippen LogP) is 3.29. The molecular weight excluding hydrogens is 200 g/mol. The fraction of sp³-hybridized carbons (Fsp3) is 0.545. The first-order chi connectivity index (χ1) is 7.24. The lowest BCUT2D eigenvalue weighted by molar-refractivity contribution is 0.279. The first-order valence-corrected chi connectivity index (χ1v) is 5.05. The van der Waals surface area contributed by atoms with Crippen LogP contribution in [0.15, 0.2) is 12.3 Å². The third kappa shape index (κ3) is 5.30. The SMILES string of the molecule is CC.Cc1cc(OCCCF)ncc1F. The van der Waals surface area contributed by atoms with Crippen LogP contribution in [0, 0.1) is 12.7 Å². The molecule has 0 saturated carbocycles. The Morgan fingerprint density at radius 2 is 2.07 bits per heavy atom. The van der Waals surface area contributed by atoms with Crippen LogP contribution in [0.2, 0.25) is 0 Å². The molecule has 2 nitrogen and oxygen atoms in total. The molecule has 1 rings (SSSR count). The minimum Gasteiger partial charge on any atom is -0.478 e. The minimum absolute atomic E-state index is 0.272. The van der Waals surface area contributed by atoms with Gasteiger partial charge in [-0.3, -0.25) is 4.39 Å². The zero-order valence-electron chi connectivity index (χ0n) is 9.39. The summed E-state index contributed by atoms with van der Waals surface area (Å²) in [5, 5.41) is 0. The molecule has 0 aliphatic rings. The van der Waals surface area contributed by atoms with Crippen LogP contribution in [0.1, 0.15) is 25.8 Å². The summed E-state index contributed by atoms with van der Waals surface area (Å²) in [5.74, 6) is -0.0230. The molecule has 0 spiro atoms. The van der Waals surface area contributed by atoms with Gasteiger partial charge < -0.3 is 4.74 Å². The Hall–Kier alpha value is -1.19. The Balaban J connectivity index is 0.000000921. The van der Waals surface area contributed by atoms with Gasteiger partial charge in [0.05, 0.1) is 19.5 Å². The molecule has 0 aromatic carbocycles. The van der Waals surface area contributed by atoms with Gasteiger partial charge in [-0.15, -0.1) is 0 Å². The molecular formula is C11H17F2NO. The second-order valence-electron chi connectivity index (χ2n) is 2.66. The van der Waals surface area contributed by atoms with Crippen molar-refractivity contribution in [2.24, 2.45) is 0 Å². The summed E-state index contributed by atoms with van der Waals surface area (Å²) in [6, 6.07) is 1.49. The molecule has 0 saturated heterocycles. The largest absolute Gasteiger partial charge is 0.478 e. The number of hydrogen-bond acceptors (Lipinski definition) is 2. The zero-order valence-corrected chi connectivity index (χ0v) is 9.39. The Labute approximate surface area is 89.3 Å². The van der Waals surface area contributed by atoms with Gasteiger partial charge in [0, 0.05) is 12.5 Å². The van der Waals surface area contributed by atoms with E-state index < -0.39 is 6.67 Å². The number of rotatable bonds is 4. The summed E-state index contributed by atoms with van der Waals surface area (Å²) in [7, 11) is 0. The van der Waals surface area contributed by atoms with Crippen molar-refractivity contribution in [1.82, 2.24) is 4.98 Å². The Morgan fingerprint density at radius 1 is 1.40 bits per heavy atom. The molecule has 0 bridgehead atoms. The average Bonchev–Trinajstić information content (AvgIpc) is 2.27. The van der Waals surface area contributed by atoms with Gasteiger partial charge in [0.15, 0.2) is 0 Å². The molecule has 15 heavy (non-hydrogen) atoms. The summed E-state index contributed by atoms with van der Waals surface area (Å²) in [5.41, 5.74) is 0.477.